The van der Waals surface area contributed by atoms with Gasteiger partial charge in [-0.2, -0.15) is 0 Å². The molecule has 1 aromatic heterocycles. The fourth-order valence-corrected chi connectivity index (χ4v) is 2.95. The number of halogens is 2. The Bertz CT molecular complexity index is 679. The standard InChI is InChI=1S/C16H19ClN4O3.ClH/c17-13-7-10(1-4-14(22)20-24)8-18-15(13)19-12-5-6-21(9-12)16(23)11-2-3-11;/h1,4,7-8,11-12,24H,2-3,5-6,9H2,(H,18,19)(H,20,22);1H/b4-1+;/t12-;/m1./s1. The van der Waals surface area contributed by atoms with Gasteiger partial charge in [0.15, 0.2) is 0 Å². The minimum atomic E-state index is -0.625. The fraction of sp³-hybridized carbons (Fsp3) is 0.438. The summed E-state index contributed by atoms with van der Waals surface area (Å²) in [7, 11) is 0. The van der Waals surface area contributed by atoms with Crippen molar-refractivity contribution in [1.29, 1.82) is 0 Å². The lowest BCUT2D eigenvalue weighted by atomic mass is 10.2. The largest absolute Gasteiger partial charge is 0.364 e. The summed E-state index contributed by atoms with van der Waals surface area (Å²) in [6.07, 6.45) is 7.17. The summed E-state index contributed by atoms with van der Waals surface area (Å²) in [4.78, 5) is 29.2. The fourth-order valence-electron chi connectivity index (χ4n) is 2.72. The van der Waals surface area contributed by atoms with Gasteiger partial charge in [0, 0.05) is 37.3 Å². The number of rotatable bonds is 5. The highest BCUT2D eigenvalue weighted by Gasteiger charge is 2.36. The topological polar surface area (TPSA) is 94.6 Å². The Morgan fingerprint density at radius 1 is 1.36 bits per heavy atom. The van der Waals surface area contributed by atoms with Crippen LogP contribution >= 0.6 is 24.0 Å². The van der Waals surface area contributed by atoms with E-state index in [2.05, 4.69) is 10.3 Å². The second kappa shape index (κ2) is 8.51. The van der Waals surface area contributed by atoms with Crippen LogP contribution in [0.1, 0.15) is 24.8 Å². The van der Waals surface area contributed by atoms with Crippen LogP contribution in [0.5, 0.6) is 0 Å². The first kappa shape index (κ1) is 19.5. The van der Waals surface area contributed by atoms with Crippen LogP contribution in [0, 0.1) is 5.92 Å². The number of nitrogens with zero attached hydrogens (tertiary/aromatic N) is 2. The number of nitrogens with one attached hydrogen (secondary N) is 2. The first-order valence-corrected chi connectivity index (χ1v) is 8.27. The average Bonchev–Trinajstić information content (AvgIpc) is 3.33. The Balaban J connectivity index is 0.00000225. The van der Waals surface area contributed by atoms with Crippen molar-refractivity contribution in [3.63, 3.8) is 0 Å². The van der Waals surface area contributed by atoms with E-state index >= 15 is 0 Å². The molecule has 1 saturated carbocycles. The molecule has 1 aromatic rings. The van der Waals surface area contributed by atoms with Crippen molar-refractivity contribution in [3.05, 3.63) is 28.9 Å². The van der Waals surface area contributed by atoms with Gasteiger partial charge in [-0.3, -0.25) is 14.8 Å². The van der Waals surface area contributed by atoms with Crippen LogP contribution in [0.15, 0.2) is 18.3 Å². The van der Waals surface area contributed by atoms with Crippen molar-refractivity contribution in [2.75, 3.05) is 18.4 Å². The maximum atomic E-state index is 12.1. The first-order valence-electron chi connectivity index (χ1n) is 7.90. The molecular weight excluding hydrogens is 367 g/mol. The summed E-state index contributed by atoms with van der Waals surface area (Å²) >= 11 is 6.23. The normalized spacial score (nSPS) is 19.6. The molecule has 2 aliphatic rings. The molecular formula is C16H20Cl2N4O3. The summed E-state index contributed by atoms with van der Waals surface area (Å²) in [6, 6.07) is 1.82. The molecule has 9 heteroatoms. The lowest BCUT2D eigenvalue weighted by Crippen LogP contribution is -2.32. The number of anilines is 1. The molecule has 136 valence electrons. The predicted octanol–water partition coefficient (Wildman–Crippen LogP) is 2.10. The Labute approximate surface area is 156 Å². The highest BCUT2D eigenvalue weighted by atomic mass is 35.5. The van der Waals surface area contributed by atoms with Gasteiger partial charge in [0.05, 0.1) is 5.02 Å². The number of hydroxylamine groups is 1. The van der Waals surface area contributed by atoms with Crippen molar-refractivity contribution in [3.8, 4) is 0 Å². The van der Waals surface area contributed by atoms with E-state index in [-0.39, 0.29) is 30.3 Å². The molecule has 0 bridgehead atoms. The van der Waals surface area contributed by atoms with Crippen molar-refractivity contribution in [2.24, 2.45) is 5.92 Å². The van der Waals surface area contributed by atoms with E-state index < -0.39 is 5.91 Å². The van der Waals surface area contributed by atoms with Crippen molar-refractivity contribution in [2.45, 2.75) is 25.3 Å². The minimum absolute atomic E-state index is 0. The summed E-state index contributed by atoms with van der Waals surface area (Å²) in [5.41, 5.74) is 2.16. The van der Waals surface area contributed by atoms with E-state index in [1.807, 2.05) is 4.90 Å². The predicted molar refractivity (Wildman–Crippen MR) is 96.8 cm³/mol. The van der Waals surface area contributed by atoms with Crippen LogP contribution in [-0.2, 0) is 9.59 Å². The average molecular weight is 387 g/mol. The van der Waals surface area contributed by atoms with Crippen LogP contribution in [0.2, 0.25) is 5.02 Å². The number of carbonyl (C=O) groups excluding carboxylic acids is 2. The Morgan fingerprint density at radius 2 is 2.12 bits per heavy atom. The second-order valence-electron chi connectivity index (χ2n) is 6.10. The second-order valence-corrected chi connectivity index (χ2v) is 6.50. The molecule has 7 nitrogen and oxygen atoms in total. The summed E-state index contributed by atoms with van der Waals surface area (Å²) < 4.78 is 0. The number of hydrogen-bond acceptors (Lipinski definition) is 5. The van der Waals surface area contributed by atoms with Gasteiger partial charge < -0.3 is 10.2 Å². The van der Waals surface area contributed by atoms with Gasteiger partial charge in [-0.1, -0.05) is 11.6 Å². The van der Waals surface area contributed by atoms with Crippen LogP contribution in [0.4, 0.5) is 5.82 Å². The highest BCUT2D eigenvalue weighted by molar-refractivity contribution is 6.33. The molecule has 0 aromatic carbocycles. The number of amides is 2. The van der Waals surface area contributed by atoms with E-state index in [9.17, 15) is 9.59 Å². The quantitative estimate of drug-likeness (QED) is 0.409. The van der Waals surface area contributed by atoms with E-state index in [0.29, 0.717) is 22.9 Å². The molecule has 3 N–H and O–H groups in total. The molecule has 0 spiro atoms. The van der Waals surface area contributed by atoms with Crippen LogP contribution in [0.3, 0.4) is 0 Å². The van der Waals surface area contributed by atoms with Gasteiger partial charge in [0.25, 0.3) is 5.91 Å². The zero-order valence-electron chi connectivity index (χ0n) is 13.4. The van der Waals surface area contributed by atoms with Gasteiger partial charge >= 0.3 is 0 Å². The molecule has 1 aliphatic carbocycles. The Morgan fingerprint density at radius 3 is 2.76 bits per heavy atom. The summed E-state index contributed by atoms with van der Waals surface area (Å²) in [5.74, 6) is 0.444. The molecule has 0 unspecified atom stereocenters. The monoisotopic (exact) mass is 386 g/mol. The molecule has 2 heterocycles. The zero-order chi connectivity index (χ0) is 17.1. The summed E-state index contributed by atoms with van der Waals surface area (Å²) in [6.45, 7) is 1.44. The molecule has 1 aliphatic heterocycles. The van der Waals surface area contributed by atoms with Gasteiger partial charge in [0.2, 0.25) is 5.91 Å². The van der Waals surface area contributed by atoms with Gasteiger partial charge in [0.1, 0.15) is 5.82 Å². The lowest BCUT2D eigenvalue weighted by Gasteiger charge is -2.17. The maximum Gasteiger partial charge on any atom is 0.267 e. The van der Waals surface area contributed by atoms with E-state index in [1.165, 1.54) is 17.6 Å². The van der Waals surface area contributed by atoms with E-state index in [1.54, 1.807) is 12.3 Å². The molecule has 1 atom stereocenters. The van der Waals surface area contributed by atoms with Crippen molar-refractivity contribution in [1.82, 2.24) is 15.4 Å². The number of hydrogen-bond donors (Lipinski definition) is 3. The first-order chi connectivity index (χ1) is 11.6. The maximum absolute atomic E-state index is 12.1. The van der Waals surface area contributed by atoms with Gasteiger partial charge in [-0.05, 0) is 37.0 Å². The minimum Gasteiger partial charge on any atom is -0.364 e. The molecule has 2 fully saturated rings. The molecule has 2 amide bonds. The third kappa shape index (κ3) is 5.07. The Kier molecular flexibility index (Phi) is 6.64. The van der Waals surface area contributed by atoms with Gasteiger partial charge in [-0.15, -0.1) is 12.4 Å². The number of aromatic nitrogens is 1. The molecule has 1 saturated heterocycles. The number of pyridine rings is 1. The van der Waals surface area contributed by atoms with E-state index in [0.717, 1.165) is 25.8 Å². The number of carbonyl (C=O) groups is 2. The third-order valence-electron chi connectivity index (χ3n) is 4.17. The Hall–Kier alpha value is -1.83. The summed E-state index contributed by atoms with van der Waals surface area (Å²) in [5, 5.41) is 12.2. The SMILES string of the molecule is Cl.O=C(/C=C/c1cnc(N[C@@H]2CCN(C(=O)C3CC3)C2)c(Cl)c1)NO. The number of likely N-dealkylation sites (tertiary alicyclic amines) is 1. The van der Waals surface area contributed by atoms with Gasteiger partial charge in [-0.25, -0.2) is 10.5 Å². The van der Waals surface area contributed by atoms with Crippen LogP contribution in [-0.4, -0.2) is 46.0 Å². The molecule has 0 radical (unpaired) electrons. The van der Waals surface area contributed by atoms with Crippen molar-refractivity contribution < 1.29 is 14.8 Å². The highest BCUT2D eigenvalue weighted by Crippen LogP contribution is 2.32. The van der Waals surface area contributed by atoms with Crippen LogP contribution < -0.4 is 10.8 Å². The lowest BCUT2D eigenvalue weighted by molar-refractivity contribution is -0.131. The third-order valence-corrected chi connectivity index (χ3v) is 4.46. The molecule has 3 rings (SSSR count). The molecule has 25 heavy (non-hydrogen) atoms. The van der Waals surface area contributed by atoms with Crippen LogP contribution in [0.25, 0.3) is 6.08 Å². The van der Waals surface area contributed by atoms with E-state index in [4.69, 9.17) is 16.8 Å². The zero-order valence-corrected chi connectivity index (χ0v) is 15.0. The van der Waals surface area contributed by atoms with Crippen molar-refractivity contribution >= 4 is 47.7 Å². The smallest absolute Gasteiger partial charge is 0.267 e.